The van der Waals surface area contributed by atoms with Crippen LogP contribution in [0.2, 0.25) is 0 Å². The lowest BCUT2D eigenvalue weighted by molar-refractivity contribution is -0.119. The van der Waals surface area contributed by atoms with Crippen LogP contribution in [0.25, 0.3) is 91.7 Å². The van der Waals surface area contributed by atoms with E-state index in [1.165, 1.54) is 153 Å². The molecule has 0 saturated heterocycles. The van der Waals surface area contributed by atoms with Crippen LogP contribution in [0.4, 0.5) is 0 Å². The van der Waals surface area contributed by atoms with Crippen LogP contribution in [0.1, 0.15) is 179 Å². The van der Waals surface area contributed by atoms with Crippen molar-refractivity contribution < 1.29 is 19.2 Å². The average molecular weight is 1560 g/mol. The molecule has 0 fully saturated rings. The zero-order chi connectivity index (χ0) is 77.5. The third kappa shape index (κ3) is 12.6. The van der Waals surface area contributed by atoms with Crippen LogP contribution in [0.3, 0.4) is 0 Å². The van der Waals surface area contributed by atoms with Gasteiger partial charge in [0.2, 0.25) is 0 Å². The van der Waals surface area contributed by atoms with E-state index in [-0.39, 0.29) is 47.3 Å². The van der Waals surface area contributed by atoms with Crippen LogP contribution in [-0.2, 0) is 19.2 Å². The van der Waals surface area contributed by atoms with Crippen LogP contribution in [0.5, 0.6) is 0 Å². The standard InChI is InChI=1S/C31H22O.C27H18OS2.C27H18O.C23H14OS2/c32-31-29-26-18-16-24(14-12-22-9-5-2-6-10-22)20-28(26)30(31)25-17-15-23(19-27(25)29)13-11-21-7-3-1-4-8-21;28-27-25-22-12-8-18(6-10-20-4-2-14-30-20)16-24(22)26(27)21-11-7-17(15-23(21)25)5-9-19-3-1-13-29-19;28-27-25-22-14-12-20(18-9-5-2-6-10-18)16-24(22)26(27)21-13-11-19(15-23(21)25)17-7-3-1-4-8-17;24-23-21-16-8-6-14(20-4-2-10-26-20)12-18(16)22(23)15-7-5-13(11-17(15)21)19-3-1-9-25-19/h1-20,29-30H;1-16,25-26H;1-16,25-26H;1-12,21-22H/b13-11+,14-12+;9-5+,10-6+;;/t29-,30-;2*25-,26-;21-,22-/m1111/s1. The molecule has 8 atom stereocenters. The summed E-state index contributed by atoms with van der Waals surface area (Å²) >= 11 is 6.95. The Labute approximate surface area is 690 Å². The van der Waals surface area contributed by atoms with E-state index in [9.17, 15) is 19.2 Å². The van der Waals surface area contributed by atoms with Crippen molar-refractivity contribution in [3.63, 3.8) is 0 Å². The lowest BCUT2D eigenvalue weighted by Crippen LogP contribution is -2.03. The van der Waals surface area contributed by atoms with Gasteiger partial charge in [-0.2, -0.15) is 0 Å². The van der Waals surface area contributed by atoms with Crippen molar-refractivity contribution in [2.75, 3.05) is 0 Å². The summed E-state index contributed by atoms with van der Waals surface area (Å²) in [5.41, 5.74) is 33.1. The molecule has 0 spiro atoms. The van der Waals surface area contributed by atoms with E-state index >= 15 is 0 Å². The molecule has 116 heavy (non-hydrogen) atoms. The Kier molecular flexibility index (Phi) is 18.2. The normalized spacial score (nSPS) is 19.0. The highest BCUT2D eigenvalue weighted by atomic mass is 32.1. The third-order valence-corrected chi connectivity index (χ3v) is 27.9. The fraction of sp³-hybridized carbons (Fsp3) is 0.0741. The molecule has 24 rings (SSSR count). The molecule has 0 aliphatic heterocycles. The van der Waals surface area contributed by atoms with Crippen LogP contribution >= 0.6 is 45.3 Å². The van der Waals surface area contributed by atoms with Gasteiger partial charge < -0.3 is 0 Å². The molecule has 0 amide bonds. The highest BCUT2D eigenvalue weighted by Gasteiger charge is 2.52. The van der Waals surface area contributed by atoms with E-state index in [4.69, 9.17) is 0 Å². The number of carbonyl (C=O) groups is 4. The Morgan fingerprint density at radius 1 is 0.172 bits per heavy atom. The summed E-state index contributed by atoms with van der Waals surface area (Å²) in [4.78, 5) is 57.6. The van der Waals surface area contributed by atoms with Crippen LogP contribution in [0, 0.1) is 0 Å². The van der Waals surface area contributed by atoms with Gasteiger partial charge in [-0.25, -0.2) is 0 Å². The number of hydrogen-bond acceptors (Lipinski definition) is 8. The second-order valence-corrected chi connectivity index (χ2v) is 34.7. The first kappa shape index (κ1) is 70.9. The molecule has 8 aliphatic rings. The van der Waals surface area contributed by atoms with Crippen LogP contribution < -0.4 is 0 Å². The van der Waals surface area contributed by atoms with Gasteiger partial charge in [-0.3, -0.25) is 19.2 Å². The molecular formula is C108H72O4S4. The van der Waals surface area contributed by atoms with Gasteiger partial charge in [0.1, 0.15) is 0 Å². The summed E-state index contributed by atoms with van der Waals surface area (Å²) in [6, 6.07) is 110. The molecule has 4 nitrogen and oxygen atoms in total. The fourth-order valence-electron chi connectivity index (χ4n) is 19.1. The van der Waals surface area contributed by atoms with Crippen molar-refractivity contribution >= 4 is 117 Å². The van der Waals surface area contributed by atoms with Crippen molar-refractivity contribution in [3.8, 4) is 43.1 Å². The van der Waals surface area contributed by atoms with Gasteiger partial charge in [0.05, 0.1) is 47.3 Å². The van der Waals surface area contributed by atoms with E-state index in [2.05, 4.69) is 337 Å². The summed E-state index contributed by atoms with van der Waals surface area (Å²) in [5.74, 6) is 0.501. The topological polar surface area (TPSA) is 68.3 Å². The number of hydrogen-bond donors (Lipinski definition) is 0. The molecule has 12 aromatic carbocycles. The second-order valence-electron chi connectivity index (χ2n) is 30.9. The third-order valence-electron chi connectivity index (χ3n) is 24.4. The Morgan fingerprint density at radius 3 is 0.698 bits per heavy atom. The van der Waals surface area contributed by atoms with Crippen LogP contribution in [-0.4, -0.2) is 23.1 Å². The molecule has 4 heterocycles. The molecule has 8 bridgehead atoms. The highest BCUT2D eigenvalue weighted by molar-refractivity contribution is 7.14. The number of carbonyl (C=O) groups excluding carboxylic acids is 4. The molecule has 4 aromatic heterocycles. The van der Waals surface area contributed by atoms with Gasteiger partial charge in [0.25, 0.3) is 0 Å². The van der Waals surface area contributed by atoms with E-state index in [1.807, 2.05) is 48.5 Å². The monoisotopic (exact) mass is 1560 g/mol. The van der Waals surface area contributed by atoms with E-state index < -0.39 is 0 Å². The molecule has 8 heteroatoms. The molecule has 0 N–H and O–H groups in total. The summed E-state index contributed by atoms with van der Waals surface area (Å²) in [5, 5.41) is 8.37. The first-order chi connectivity index (χ1) is 57.2. The van der Waals surface area contributed by atoms with Crippen molar-refractivity contribution in [1.29, 1.82) is 0 Å². The average Bonchev–Trinajstić information content (AvgIpc) is 1.57. The maximum absolute atomic E-state index is 13.2. The fourth-order valence-corrected chi connectivity index (χ4v) is 21.8. The molecule has 0 radical (unpaired) electrons. The molecule has 0 saturated carbocycles. The van der Waals surface area contributed by atoms with E-state index in [0.717, 1.165) is 22.3 Å². The predicted molar refractivity (Wildman–Crippen MR) is 481 cm³/mol. The summed E-state index contributed by atoms with van der Waals surface area (Å²) in [6.07, 6.45) is 17.1. The van der Waals surface area contributed by atoms with Crippen LogP contribution in [0.15, 0.2) is 337 Å². The van der Waals surface area contributed by atoms with Gasteiger partial charge in [-0.1, -0.05) is 303 Å². The molecule has 552 valence electrons. The van der Waals surface area contributed by atoms with Gasteiger partial charge in [-0.05, 0) is 238 Å². The second kappa shape index (κ2) is 29.8. The first-order valence-corrected chi connectivity index (χ1v) is 43.0. The highest BCUT2D eigenvalue weighted by Crippen LogP contribution is 2.59. The largest absolute Gasteiger partial charge is 0.298 e. The molecule has 0 unspecified atom stereocenters. The summed E-state index contributed by atoms with van der Waals surface area (Å²) < 4.78 is 0. The Bertz CT molecular complexity index is 6290. The van der Waals surface area contributed by atoms with Gasteiger partial charge in [0.15, 0.2) is 23.1 Å². The van der Waals surface area contributed by atoms with Gasteiger partial charge in [-0.15, -0.1) is 45.3 Å². The number of fused-ring (bicyclic) bond motifs is 32. The lowest BCUT2D eigenvalue weighted by Gasteiger charge is -2.19. The van der Waals surface area contributed by atoms with E-state index in [0.29, 0.717) is 23.1 Å². The summed E-state index contributed by atoms with van der Waals surface area (Å²) in [6.45, 7) is 0. The molecular weight excluding hydrogens is 1490 g/mol. The van der Waals surface area contributed by atoms with Crippen molar-refractivity contribution in [2.24, 2.45) is 0 Å². The van der Waals surface area contributed by atoms with Gasteiger partial charge in [0, 0.05) is 19.5 Å². The maximum atomic E-state index is 13.2. The number of ketones is 4. The Balaban J connectivity index is 0.0000000969. The SMILES string of the molecule is O=C1[C@@H]2c3ccc(-c4ccccc4)cc3[C@H]1c1ccc(-c3ccccc3)cc12.O=C1[C@@H]2c3ccc(-c4cccs4)cc3[C@H]1c1ccc(-c3cccs3)cc12.O=C1[C@@H]2c3ccc(/C=C/c4ccccc4)cc3[C@H]1c1ccc(/C=C/c3ccccc3)cc12.O=C1[C@@H]2c3ccc(/C=C/c4cccs4)cc3[C@H]1c1ccc(/C=C/c3cccs3)cc12. The minimum atomic E-state index is -0.123. The number of Topliss-reactive ketones (excluding diaryl/α,β-unsaturated/α-hetero) is 4. The van der Waals surface area contributed by atoms with Crippen molar-refractivity contribution in [2.45, 2.75) is 47.3 Å². The van der Waals surface area contributed by atoms with Crippen molar-refractivity contribution in [1.82, 2.24) is 0 Å². The number of benzene rings is 12. The van der Waals surface area contributed by atoms with Crippen molar-refractivity contribution in [3.05, 3.63) is 469 Å². The molecule has 16 aromatic rings. The number of rotatable bonds is 12. The number of thiophene rings is 4. The maximum Gasteiger partial charge on any atom is 0.156 e. The first-order valence-electron chi connectivity index (χ1n) is 39.5. The Hall–Kier alpha value is -12.9. The predicted octanol–water partition coefficient (Wildman–Crippen LogP) is 27.0. The minimum absolute atomic E-state index is 0.0812. The van der Waals surface area contributed by atoms with E-state index in [1.54, 1.807) is 45.3 Å². The van der Waals surface area contributed by atoms with Gasteiger partial charge >= 0.3 is 0 Å². The summed E-state index contributed by atoms with van der Waals surface area (Å²) in [7, 11) is 0. The smallest absolute Gasteiger partial charge is 0.156 e. The Morgan fingerprint density at radius 2 is 0.414 bits per heavy atom. The minimum Gasteiger partial charge on any atom is -0.298 e. The quantitative estimate of drug-likeness (QED) is 0.114. The lowest BCUT2D eigenvalue weighted by atomic mass is 9.83. The molecule has 8 aliphatic carbocycles. The zero-order valence-electron chi connectivity index (χ0n) is 62.8. The zero-order valence-corrected chi connectivity index (χ0v) is 66.1.